The van der Waals surface area contributed by atoms with Gasteiger partial charge in [-0.2, -0.15) is 0 Å². The monoisotopic (exact) mass is 218 g/mol. The van der Waals surface area contributed by atoms with Gasteiger partial charge in [0.1, 0.15) is 0 Å². The third-order valence-electron chi connectivity index (χ3n) is 1.90. The van der Waals surface area contributed by atoms with Crippen LogP contribution in [0.4, 0.5) is 0 Å². The van der Waals surface area contributed by atoms with Crippen LogP contribution in [0.15, 0.2) is 6.07 Å². The highest BCUT2D eigenvalue weighted by molar-refractivity contribution is 7.16. The average Bonchev–Trinajstić information content (AvgIpc) is 2.30. The molecule has 1 rings (SSSR count). The van der Waals surface area contributed by atoms with E-state index in [2.05, 4.69) is 0 Å². The molecule has 0 radical (unpaired) electrons. The molecule has 0 aliphatic rings. The Morgan fingerprint density at radius 2 is 2.38 bits per heavy atom. The Kier molecular flexibility index (Phi) is 3.33. The predicted molar refractivity (Wildman–Crippen MR) is 54.6 cm³/mol. The third kappa shape index (κ3) is 2.71. The molecular formula is C9H11ClO2S. The maximum atomic E-state index is 10.6. The van der Waals surface area contributed by atoms with Crippen LogP contribution >= 0.6 is 22.9 Å². The molecule has 0 aliphatic carbocycles. The number of halogens is 1. The summed E-state index contributed by atoms with van der Waals surface area (Å²) in [5.41, 5.74) is 1.09. The lowest BCUT2D eigenvalue weighted by atomic mass is 10.1. The predicted octanol–water partition coefficient (Wildman–Crippen LogP) is 2.97. The van der Waals surface area contributed by atoms with Crippen LogP contribution in [-0.2, 0) is 11.2 Å². The Hall–Kier alpha value is -0.540. The van der Waals surface area contributed by atoms with E-state index in [9.17, 15) is 4.79 Å². The maximum absolute atomic E-state index is 10.6. The number of aliphatic carboxylic acids is 1. The van der Waals surface area contributed by atoms with Crippen LogP contribution in [-0.4, -0.2) is 11.1 Å². The summed E-state index contributed by atoms with van der Waals surface area (Å²) in [5, 5.41) is 8.71. The summed E-state index contributed by atoms with van der Waals surface area (Å²) in [6.45, 7) is 3.65. The van der Waals surface area contributed by atoms with Crippen LogP contribution in [0.25, 0.3) is 0 Å². The van der Waals surface area contributed by atoms with Gasteiger partial charge in [-0.05, 0) is 25.0 Å². The van der Waals surface area contributed by atoms with Gasteiger partial charge in [0.15, 0.2) is 0 Å². The standard InChI is InChI=1S/C9H11ClO2S/c1-5-4-8(10)13-7(5)3-6(2)9(11)12/h4,6H,3H2,1-2H3,(H,11,12). The van der Waals surface area contributed by atoms with Crippen molar-refractivity contribution in [3.05, 3.63) is 20.8 Å². The summed E-state index contributed by atoms with van der Waals surface area (Å²) in [7, 11) is 0. The van der Waals surface area contributed by atoms with Crippen LogP contribution < -0.4 is 0 Å². The minimum atomic E-state index is -0.760. The van der Waals surface area contributed by atoms with Crippen molar-refractivity contribution in [2.75, 3.05) is 0 Å². The molecule has 1 aromatic heterocycles. The van der Waals surface area contributed by atoms with E-state index >= 15 is 0 Å². The molecule has 0 spiro atoms. The number of hydrogen-bond donors (Lipinski definition) is 1. The van der Waals surface area contributed by atoms with Crippen molar-refractivity contribution < 1.29 is 9.90 Å². The molecule has 0 saturated carbocycles. The van der Waals surface area contributed by atoms with Crippen molar-refractivity contribution in [2.45, 2.75) is 20.3 Å². The smallest absolute Gasteiger partial charge is 0.306 e. The van der Waals surface area contributed by atoms with Gasteiger partial charge in [0.2, 0.25) is 0 Å². The molecule has 0 aromatic carbocycles. The molecule has 0 amide bonds. The van der Waals surface area contributed by atoms with Crippen LogP contribution in [0.2, 0.25) is 4.34 Å². The van der Waals surface area contributed by atoms with Gasteiger partial charge >= 0.3 is 5.97 Å². The van der Waals surface area contributed by atoms with Crippen LogP contribution in [0.3, 0.4) is 0 Å². The van der Waals surface area contributed by atoms with Crippen molar-refractivity contribution in [1.29, 1.82) is 0 Å². The molecule has 1 aromatic rings. The molecule has 13 heavy (non-hydrogen) atoms. The number of carboxylic acids is 1. The minimum Gasteiger partial charge on any atom is -0.481 e. The van der Waals surface area contributed by atoms with Gasteiger partial charge < -0.3 is 5.11 Å². The first-order valence-electron chi connectivity index (χ1n) is 3.98. The highest BCUT2D eigenvalue weighted by Gasteiger charge is 2.14. The fourth-order valence-electron chi connectivity index (χ4n) is 1.05. The van der Waals surface area contributed by atoms with Crippen molar-refractivity contribution >= 4 is 28.9 Å². The van der Waals surface area contributed by atoms with Gasteiger partial charge in [-0.25, -0.2) is 0 Å². The zero-order valence-electron chi connectivity index (χ0n) is 7.50. The molecule has 1 atom stereocenters. The van der Waals surface area contributed by atoms with Gasteiger partial charge in [-0.1, -0.05) is 18.5 Å². The van der Waals surface area contributed by atoms with E-state index in [0.29, 0.717) is 6.42 Å². The molecular weight excluding hydrogens is 208 g/mol. The first-order valence-corrected chi connectivity index (χ1v) is 5.17. The topological polar surface area (TPSA) is 37.3 Å². The average molecular weight is 219 g/mol. The number of carbonyl (C=O) groups is 1. The first kappa shape index (κ1) is 10.5. The minimum absolute atomic E-state index is 0.339. The van der Waals surface area contributed by atoms with Gasteiger partial charge in [0.05, 0.1) is 10.3 Å². The zero-order chi connectivity index (χ0) is 10.0. The normalized spacial score (nSPS) is 12.8. The fourth-order valence-corrected chi connectivity index (χ4v) is 2.51. The summed E-state index contributed by atoms with van der Waals surface area (Å²) in [5.74, 6) is -1.10. The second-order valence-electron chi connectivity index (χ2n) is 3.10. The van der Waals surface area contributed by atoms with Gasteiger partial charge in [-0.15, -0.1) is 11.3 Å². The Balaban J connectivity index is 2.74. The summed E-state index contributed by atoms with van der Waals surface area (Å²) in [6, 6.07) is 1.87. The quantitative estimate of drug-likeness (QED) is 0.847. The number of hydrogen-bond acceptors (Lipinski definition) is 2. The Morgan fingerprint density at radius 3 is 2.77 bits per heavy atom. The van der Waals surface area contributed by atoms with E-state index in [-0.39, 0.29) is 5.92 Å². The summed E-state index contributed by atoms with van der Waals surface area (Å²) in [6.07, 6.45) is 0.568. The van der Waals surface area contributed by atoms with Gasteiger partial charge in [0.25, 0.3) is 0 Å². The van der Waals surface area contributed by atoms with Crippen molar-refractivity contribution in [3.8, 4) is 0 Å². The largest absolute Gasteiger partial charge is 0.481 e. The second-order valence-corrected chi connectivity index (χ2v) is 4.87. The van der Waals surface area contributed by atoms with E-state index in [4.69, 9.17) is 16.7 Å². The molecule has 72 valence electrons. The lowest BCUT2D eigenvalue weighted by molar-refractivity contribution is -0.141. The Bertz CT molecular complexity index is 319. The number of carboxylic acid groups (broad SMARTS) is 1. The molecule has 1 heterocycles. The van der Waals surface area contributed by atoms with E-state index in [1.54, 1.807) is 6.92 Å². The van der Waals surface area contributed by atoms with Crippen molar-refractivity contribution in [1.82, 2.24) is 0 Å². The van der Waals surface area contributed by atoms with Crippen molar-refractivity contribution in [3.63, 3.8) is 0 Å². The summed E-state index contributed by atoms with van der Waals surface area (Å²) < 4.78 is 0.727. The SMILES string of the molecule is Cc1cc(Cl)sc1CC(C)C(=O)O. The Morgan fingerprint density at radius 1 is 1.77 bits per heavy atom. The third-order valence-corrected chi connectivity index (χ3v) is 3.29. The number of thiophene rings is 1. The first-order chi connectivity index (χ1) is 6.00. The van der Waals surface area contributed by atoms with Crippen LogP contribution in [0.1, 0.15) is 17.4 Å². The van der Waals surface area contributed by atoms with Gasteiger partial charge in [-0.3, -0.25) is 4.79 Å². The van der Waals surface area contributed by atoms with Crippen LogP contribution in [0, 0.1) is 12.8 Å². The lowest BCUT2D eigenvalue weighted by Gasteiger charge is -2.03. The van der Waals surface area contributed by atoms with E-state index in [1.807, 2.05) is 13.0 Å². The highest BCUT2D eigenvalue weighted by atomic mass is 35.5. The second kappa shape index (κ2) is 4.11. The van der Waals surface area contributed by atoms with Crippen molar-refractivity contribution in [2.24, 2.45) is 5.92 Å². The zero-order valence-corrected chi connectivity index (χ0v) is 9.08. The highest BCUT2D eigenvalue weighted by Crippen LogP contribution is 2.28. The van der Waals surface area contributed by atoms with E-state index < -0.39 is 5.97 Å². The molecule has 1 unspecified atom stereocenters. The molecule has 0 aliphatic heterocycles. The molecule has 0 bridgehead atoms. The maximum Gasteiger partial charge on any atom is 0.306 e. The number of aryl methyl sites for hydroxylation is 1. The molecule has 0 fully saturated rings. The van der Waals surface area contributed by atoms with Gasteiger partial charge in [0, 0.05) is 4.88 Å². The molecule has 1 N–H and O–H groups in total. The Labute approximate surface area is 86.2 Å². The fraction of sp³-hybridized carbons (Fsp3) is 0.444. The summed E-state index contributed by atoms with van der Waals surface area (Å²) in [4.78, 5) is 11.7. The van der Waals surface area contributed by atoms with E-state index in [0.717, 1.165) is 14.8 Å². The lowest BCUT2D eigenvalue weighted by Crippen LogP contribution is -2.11. The summed E-state index contributed by atoms with van der Waals surface area (Å²) >= 11 is 7.26. The number of rotatable bonds is 3. The van der Waals surface area contributed by atoms with E-state index in [1.165, 1.54) is 11.3 Å². The van der Waals surface area contributed by atoms with Crippen LogP contribution in [0.5, 0.6) is 0 Å². The molecule has 4 heteroatoms. The molecule has 2 nitrogen and oxygen atoms in total. The molecule has 0 saturated heterocycles.